The molecule has 0 spiro atoms. The van der Waals surface area contributed by atoms with Crippen LogP contribution in [-0.4, -0.2) is 81.6 Å². The smallest absolute Gasteiger partial charge is 0.296 e. The van der Waals surface area contributed by atoms with Gasteiger partial charge in [0.2, 0.25) is 5.88 Å². The van der Waals surface area contributed by atoms with E-state index in [1.54, 1.807) is 4.90 Å². The molecule has 1 unspecified atom stereocenters. The van der Waals surface area contributed by atoms with Crippen LogP contribution in [0.4, 0.5) is 8.78 Å². The van der Waals surface area contributed by atoms with E-state index in [1.165, 1.54) is 6.07 Å². The van der Waals surface area contributed by atoms with Crippen molar-refractivity contribution in [2.45, 2.75) is 43.9 Å². The number of ether oxygens (including phenoxy) is 4. The average Bonchev–Trinajstić information content (AvgIpc) is 3.65. The molecule has 1 aromatic carbocycles. The number of nitrogens with zero attached hydrogens (tertiary/aromatic N) is 3. The molecule has 13 heteroatoms. The van der Waals surface area contributed by atoms with Gasteiger partial charge >= 0.3 is 0 Å². The van der Waals surface area contributed by atoms with Crippen molar-refractivity contribution in [3.8, 4) is 11.9 Å². The number of carbonyl (C=O) groups excluding carboxylic acids is 1. The summed E-state index contributed by atoms with van der Waals surface area (Å²) in [5.74, 6) is -2.27. The maximum atomic E-state index is 14.7. The van der Waals surface area contributed by atoms with Crippen LogP contribution in [0.3, 0.4) is 0 Å². The highest BCUT2D eigenvalue weighted by Crippen LogP contribution is 2.32. The van der Waals surface area contributed by atoms with Crippen molar-refractivity contribution in [3.05, 3.63) is 46.0 Å². The van der Waals surface area contributed by atoms with Crippen LogP contribution in [0.25, 0.3) is 11.2 Å². The van der Waals surface area contributed by atoms with Gasteiger partial charge in [-0.25, -0.2) is 8.78 Å². The Morgan fingerprint density at radius 2 is 1.86 bits per heavy atom. The summed E-state index contributed by atoms with van der Waals surface area (Å²) in [6.07, 6.45) is -0.292. The first kappa shape index (κ1) is 24.3. The van der Waals surface area contributed by atoms with Crippen molar-refractivity contribution in [1.29, 1.82) is 0 Å². The third-order valence-electron chi connectivity index (χ3n) is 6.75. The van der Waals surface area contributed by atoms with Gasteiger partial charge in [-0.05, 0) is 31.0 Å². The number of likely N-dealkylation sites (tertiary alicyclic amines) is 1. The van der Waals surface area contributed by atoms with Crippen LogP contribution < -0.4 is 9.47 Å². The topological polar surface area (TPSA) is 119 Å². The van der Waals surface area contributed by atoms with E-state index in [2.05, 4.69) is 15.0 Å². The van der Waals surface area contributed by atoms with Gasteiger partial charge in [0.05, 0.1) is 24.3 Å². The van der Waals surface area contributed by atoms with Crippen molar-refractivity contribution >= 4 is 28.7 Å². The summed E-state index contributed by atoms with van der Waals surface area (Å²) in [5.41, 5.74) is 0.275. The lowest BCUT2D eigenvalue weighted by atomic mass is 10.1. The Hall–Kier alpha value is -3.06. The van der Waals surface area contributed by atoms with E-state index in [-0.39, 0.29) is 46.9 Å². The van der Waals surface area contributed by atoms with E-state index in [4.69, 9.17) is 30.5 Å². The van der Waals surface area contributed by atoms with Gasteiger partial charge in [0.25, 0.3) is 11.9 Å². The number of aromatic amines is 1. The molecule has 3 aliphatic rings. The first-order chi connectivity index (χ1) is 17.9. The molecule has 3 aliphatic heterocycles. The molecule has 196 valence electrons. The number of aromatic nitrogens is 3. The predicted octanol–water partition coefficient (Wildman–Crippen LogP) is 2.61. The zero-order chi connectivity index (χ0) is 25.7. The maximum Gasteiger partial charge on any atom is 0.296 e. The maximum absolute atomic E-state index is 14.7. The number of hydrogen-bond acceptors (Lipinski definition) is 8. The molecule has 5 heterocycles. The lowest BCUT2D eigenvalue weighted by Crippen LogP contribution is -2.34. The van der Waals surface area contributed by atoms with Crippen LogP contribution in [0.5, 0.6) is 11.9 Å². The number of benzene rings is 1. The van der Waals surface area contributed by atoms with Crippen molar-refractivity contribution in [2.75, 3.05) is 26.3 Å². The van der Waals surface area contributed by atoms with Crippen LogP contribution in [0.15, 0.2) is 18.2 Å². The molecule has 3 fully saturated rings. The number of halogens is 3. The number of pyridine rings is 1. The van der Waals surface area contributed by atoms with Gasteiger partial charge in [-0.15, -0.1) is 0 Å². The van der Waals surface area contributed by atoms with E-state index < -0.39 is 48.6 Å². The second kappa shape index (κ2) is 9.67. The Labute approximate surface area is 214 Å². The second-order valence-corrected chi connectivity index (χ2v) is 9.62. The molecule has 0 saturated carbocycles. The zero-order valence-corrected chi connectivity index (χ0v) is 20.2. The molecule has 2 N–H and O–H groups in total. The first-order valence-electron chi connectivity index (χ1n) is 11.9. The molecule has 4 atom stereocenters. The number of H-pyrrole nitrogens is 1. The average molecular weight is 537 g/mol. The highest BCUT2D eigenvalue weighted by molar-refractivity contribution is 6.32. The number of aliphatic hydroxyl groups excluding tert-OH is 1. The van der Waals surface area contributed by atoms with Crippen LogP contribution in [0.1, 0.15) is 28.8 Å². The van der Waals surface area contributed by atoms with Crippen LogP contribution in [0.2, 0.25) is 5.02 Å². The van der Waals surface area contributed by atoms with Crippen molar-refractivity contribution in [3.63, 3.8) is 0 Å². The molecule has 6 rings (SSSR count). The van der Waals surface area contributed by atoms with E-state index in [0.717, 1.165) is 25.0 Å². The third kappa shape index (κ3) is 4.58. The fourth-order valence-corrected chi connectivity index (χ4v) is 5.04. The molecule has 0 bridgehead atoms. The lowest BCUT2D eigenvalue weighted by molar-refractivity contribution is 0.00706. The predicted molar refractivity (Wildman–Crippen MR) is 125 cm³/mol. The molecule has 0 aliphatic carbocycles. The summed E-state index contributed by atoms with van der Waals surface area (Å²) in [4.78, 5) is 25.5. The number of fused-ring (bicyclic) bond motifs is 2. The molecule has 2 aromatic heterocycles. The Morgan fingerprint density at radius 1 is 1.14 bits per heavy atom. The highest BCUT2D eigenvalue weighted by atomic mass is 35.5. The molecule has 3 saturated heterocycles. The minimum atomic E-state index is -0.897. The SMILES string of the molecule is O=C(c1cc(F)c(COc2nc3nc(O[C@@H]4COC5[C@H](O)CO[C@@H]54)[nH]c3cc2Cl)c(F)c1)N1CCCC1. The molecule has 3 aromatic rings. The number of imidazole rings is 1. The van der Waals surface area contributed by atoms with Crippen LogP contribution in [-0.2, 0) is 16.1 Å². The highest BCUT2D eigenvalue weighted by Gasteiger charge is 2.48. The number of nitrogens with one attached hydrogen (secondary N) is 1. The van der Waals surface area contributed by atoms with E-state index in [9.17, 15) is 18.7 Å². The minimum absolute atomic E-state index is 0.0428. The number of aliphatic hydroxyl groups is 1. The Balaban J connectivity index is 1.16. The number of hydrogen-bond donors (Lipinski definition) is 2. The zero-order valence-electron chi connectivity index (χ0n) is 19.5. The van der Waals surface area contributed by atoms with Gasteiger partial charge in [0, 0.05) is 18.7 Å². The van der Waals surface area contributed by atoms with Gasteiger partial charge in [-0.3, -0.25) is 4.79 Å². The minimum Gasteiger partial charge on any atom is -0.471 e. The standard InChI is InChI=1S/C24H23ClF2N4O6/c25-13-7-16-21(30-24(28-16)37-18-10-35-19-17(32)9-34-20(18)19)29-22(13)36-8-12-14(26)5-11(6-15(12)27)23(33)31-3-1-2-4-31/h5-7,17-20,32H,1-4,8-10H2,(H,28,29,30)/t17-,18-,19?,20-/m1/s1. The van der Waals surface area contributed by atoms with Crippen molar-refractivity contribution in [1.82, 2.24) is 19.9 Å². The fourth-order valence-electron chi connectivity index (χ4n) is 4.83. The fraction of sp³-hybridized carbons (Fsp3) is 0.458. The van der Waals surface area contributed by atoms with E-state index in [0.29, 0.717) is 18.6 Å². The number of carbonyl (C=O) groups is 1. The summed E-state index contributed by atoms with van der Waals surface area (Å²) in [6, 6.07) is 3.68. The summed E-state index contributed by atoms with van der Waals surface area (Å²) >= 11 is 6.28. The monoisotopic (exact) mass is 536 g/mol. The molecule has 37 heavy (non-hydrogen) atoms. The molecular weight excluding hydrogens is 514 g/mol. The summed E-state index contributed by atoms with van der Waals surface area (Å²) < 4.78 is 51.9. The molecule has 0 radical (unpaired) electrons. The largest absolute Gasteiger partial charge is 0.471 e. The third-order valence-corrected chi connectivity index (χ3v) is 7.02. The van der Waals surface area contributed by atoms with Gasteiger partial charge in [-0.1, -0.05) is 11.6 Å². The van der Waals surface area contributed by atoms with Gasteiger partial charge in [0.15, 0.2) is 11.8 Å². The first-order valence-corrected chi connectivity index (χ1v) is 12.3. The van der Waals surface area contributed by atoms with E-state index in [1.807, 2.05) is 0 Å². The second-order valence-electron chi connectivity index (χ2n) is 9.21. The lowest BCUT2D eigenvalue weighted by Gasteiger charge is -2.16. The van der Waals surface area contributed by atoms with Crippen molar-refractivity contribution < 1.29 is 37.6 Å². The Morgan fingerprint density at radius 3 is 2.62 bits per heavy atom. The van der Waals surface area contributed by atoms with Crippen LogP contribution in [0, 0.1) is 11.6 Å². The molecular formula is C24H23ClF2N4O6. The van der Waals surface area contributed by atoms with E-state index >= 15 is 0 Å². The van der Waals surface area contributed by atoms with Gasteiger partial charge in [0.1, 0.15) is 41.6 Å². The summed E-state index contributed by atoms with van der Waals surface area (Å²) in [5, 5.41) is 9.97. The Kier molecular flexibility index (Phi) is 6.35. The normalized spacial score (nSPS) is 25.1. The summed E-state index contributed by atoms with van der Waals surface area (Å²) in [7, 11) is 0. The van der Waals surface area contributed by atoms with Gasteiger partial charge < -0.3 is 33.9 Å². The Bertz CT molecular complexity index is 1330. The summed E-state index contributed by atoms with van der Waals surface area (Å²) in [6.45, 7) is 1.05. The number of amides is 1. The molecule has 10 nitrogen and oxygen atoms in total. The van der Waals surface area contributed by atoms with Gasteiger partial charge in [-0.2, -0.15) is 9.97 Å². The molecule has 1 amide bonds. The van der Waals surface area contributed by atoms with Crippen molar-refractivity contribution in [2.24, 2.45) is 0 Å². The van der Waals surface area contributed by atoms with Crippen LogP contribution >= 0.6 is 11.6 Å². The number of rotatable bonds is 6. The quantitative estimate of drug-likeness (QED) is 0.493.